The lowest BCUT2D eigenvalue weighted by Crippen LogP contribution is -3.00. The summed E-state index contributed by atoms with van der Waals surface area (Å²) in [5.74, 6) is 1.54. The summed E-state index contributed by atoms with van der Waals surface area (Å²) in [6.07, 6.45) is 0. The van der Waals surface area contributed by atoms with E-state index in [1.807, 2.05) is 54.6 Å². The van der Waals surface area contributed by atoms with Crippen LogP contribution in [0.15, 0.2) is 78.9 Å². The van der Waals surface area contributed by atoms with Crippen molar-refractivity contribution in [3.05, 3.63) is 89.0 Å². The quantitative estimate of drug-likeness (QED) is 0.145. The smallest absolute Gasteiger partial charge is 0.340 e. The predicted octanol–water partition coefficient (Wildman–Crippen LogP) is 1.41. The van der Waals surface area contributed by atoms with E-state index in [0.717, 1.165) is 16.9 Å². The van der Waals surface area contributed by atoms with E-state index >= 15 is 0 Å². The van der Waals surface area contributed by atoms with Crippen LogP contribution in [0.3, 0.4) is 0 Å². The molecule has 0 radical (unpaired) electrons. The number of hydrogen-bond donors (Lipinski definition) is 0. The minimum Gasteiger partial charge on any atom is -1.00 e. The molecule has 1 aromatic heterocycles. The van der Waals surface area contributed by atoms with E-state index in [4.69, 9.17) is 28.3 Å². The maximum absolute atomic E-state index is 11.1. The summed E-state index contributed by atoms with van der Waals surface area (Å²) in [4.78, 5) is 16.0. The summed E-state index contributed by atoms with van der Waals surface area (Å²) in [7, 11) is 0. The third-order valence-corrected chi connectivity index (χ3v) is 5.37. The molecule has 0 amide bonds. The van der Waals surface area contributed by atoms with Gasteiger partial charge >= 0.3 is 5.82 Å². The van der Waals surface area contributed by atoms with E-state index in [-0.39, 0.29) is 18.1 Å². The maximum Gasteiger partial charge on any atom is 0.340 e. The number of aromatic nitrogens is 4. The molecule has 0 saturated carbocycles. The van der Waals surface area contributed by atoms with Gasteiger partial charge in [-0.2, -0.15) is 0 Å². The van der Waals surface area contributed by atoms with Crippen molar-refractivity contribution in [2.45, 2.75) is 0 Å². The second kappa shape index (κ2) is 11.8. The molecule has 0 saturated heterocycles. The molecule has 34 heavy (non-hydrogen) atoms. The van der Waals surface area contributed by atoms with Gasteiger partial charge in [0.1, 0.15) is 5.69 Å². The first-order valence-electron chi connectivity index (χ1n) is 10.3. The minimum atomic E-state index is -0.430. The number of rotatable bonds is 9. The van der Waals surface area contributed by atoms with E-state index in [1.165, 1.54) is 12.1 Å². The molecule has 0 unspecified atom stereocenters. The molecule has 11 heteroatoms. The second-order valence-electron chi connectivity index (χ2n) is 7.12. The summed E-state index contributed by atoms with van der Waals surface area (Å²) in [6.45, 7) is 1.38. The van der Waals surface area contributed by atoms with E-state index < -0.39 is 4.92 Å². The third-order valence-electron chi connectivity index (χ3n) is 5.04. The first-order valence-corrected chi connectivity index (χ1v) is 11.3. The Labute approximate surface area is 212 Å². The van der Waals surface area contributed by atoms with Crippen LogP contribution in [-0.4, -0.2) is 44.8 Å². The van der Waals surface area contributed by atoms with Gasteiger partial charge in [-0.15, -0.1) is 23.2 Å². The Morgan fingerprint density at radius 2 is 1.53 bits per heavy atom. The highest BCUT2D eigenvalue weighted by Crippen LogP contribution is 2.19. The van der Waals surface area contributed by atoms with Crippen molar-refractivity contribution in [2.24, 2.45) is 0 Å². The van der Waals surface area contributed by atoms with Gasteiger partial charge in [0.15, 0.2) is 5.69 Å². The van der Waals surface area contributed by atoms with Crippen LogP contribution in [0.4, 0.5) is 11.4 Å². The number of hydrogen-bond acceptors (Lipinski definition) is 5. The molecule has 0 spiro atoms. The molecule has 0 fully saturated rings. The van der Waals surface area contributed by atoms with Gasteiger partial charge in [0.05, 0.1) is 15.6 Å². The zero-order valence-electron chi connectivity index (χ0n) is 18.0. The average molecular weight is 520 g/mol. The van der Waals surface area contributed by atoms with Crippen LogP contribution in [-0.2, 0) is 0 Å². The number of nitrogens with zero attached hydrogens (tertiary/aromatic N) is 6. The van der Waals surface area contributed by atoms with E-state index in [2.05, 4.69) is 10.00 Å². The lowest BCUT2D eigenvalue weighted by atomic mass is 10.2. The highest BCUT2D eigenvalue weighted by atomic mass is 35.5. The zero-order chi connectivity index (χ0) is 23.2. The highest BCUT2D eigenvalue weighted by Gasteiger charge is 2.24. The minimum absolute atomic E-state index is 0. The van der Waals surface area contributed by atoms with Crippen LogP contribution in [0.1, 0.15) is 0 Å². The number of tetrazole rings is 1. The second-order valence-corrected chi connectivity index (χ2v) is 7.88. The normalized spacial score (nSPS) is 10.5. The molecule has 0 aliphatic carbocycles. The van der Waals surface area contributed by atoms with Gasteiger partial charge < -0.3 is 17.3 Å². The number of nitro benzene ring substituents is 1. The van der Waals surface area contributed by atoms with Crippen LogP contribution in [0.5, 0.6) is 0 Å². The Morgan fingerprint density at radius 1 is 0.912 bits per heavy atom. The van der Waals surface area contributed by atoms with Gasteiger partial charge in [0.2, 0.25) is 0 Å². The molecule has 0 aliphatic rings. The number of alkyl halides is 2. The van der Waals surface area contributed by atoms with Crippen molar-refractivity contribution in [3.63, 3.8) is 0 Å². The standard InChI is InChI=1S/C23H21Cl2N6O2.ClH/c24-14-16-28(17-15-25)19-6-8-20(9-7-19)29-26-23(18-4-2-1-3-5-18)27-30(29)21-10-12-22(13-11-21)31(32)33;/h1-13H,14-17H2;1H/q+1;/p-1. The molecule has 0 bridgehead atoms. The van der Waals surface area contributed by atoms with E-state index in [1.54, 1.807) is 21.7 Å². The van der Waals surface area contributed by atoms with Crippen LogP contribution in [0.2, 0.25) is 0 Å². The van der Waals surface area contributed by atoms with Gasteiger partial charge in [0.25, 0.3) is 5.69 Å². The lowest BCUT2D eigenvalue weighted by Gasteiger charge is -2.22. The van der Waals surface area contributed by atoms with Crippen molar-refractivity contribution in [3.8, 4) is 22.8 Å². The van der Waals surface area contributed by atoms with Gasteiger partial charge in [-0.1, -0.05) is 18.2 Å². The van der Waals surface area contributed by atoms with Crippen molar-refractivity contribution in [1.82, 2.24) is 15.0 Å². The first-order chi connectivity index (χ1) is 16.1. The van der Waals surface area contributed by atoms with Crippen LogP contribution in [0, 0.1) is 10.1 Å². The summed E-state index contributed by atoms with van der Waals surface area (Å²) in [5.41, 5.74) is 3.30. The summed E-state index contributed by atoms with van der Waals surface area (Å²) in [5, 5.41) is 20.4. The summed E-state index contributed by atoms with van der Waals surface area (Å²) in [6, 6.07) is 23.7. The third kappa shape index (κ3) is 5.64. The molecule has 1 heterocycles. The van der Waals surface area contributed by atoms with E-state index in [9.17, 15) is 10.1 Å². The topological polar surface area (TPSA) is 81.0 Å². The zero-order valence-corrected chi connectivity index (χ0v) is 20.2. The Morgan fingerprint density at radius 3 is 2.09 bits per heavy atom. The maximum atomic E-state index is 11.1. The van der Waals surface area contributed by atoms with Gasteiger partial charge in [-0.3, -0.25) is 10.1 Å². The average Bonchev–Trinajstić information content (AvgIpc) is 3.30. The Hall–Kier alpha value is -3.20. The predicted molar refractivity (Wildman–Crippen MR) is 129 cm³/mol. The SMILES string of the molecule is O=[N+]([O-])c1ccc(-[n+]2nc(-c3ccccc3)nn2-c2ccc(N(CCCl)CCCl)cc2)cc1.[Cl-]. The fraction of sp³-hybridized carbons (Fsp3) is 0.174. The molecular formula is C23H21Cl3N6O2. The van der Waals surface area contributed by atoms with Crippen LogP contribution in [0.25, 0.3) is 22.8 Å². The van der Waals surface area contributed by atoms with Crippen LogP contribution < -0.4 is 22.1 Å². The number of nitro groups is 1. The molecule has 3 aromatic carbocycles. The lowest BCUT2D eigenvalue weighted by molar-refractivity contribution is -0.734. The van der Waals surface area contributed by atoms with Crippen molar-refractivity contribution < 1.29 is 22.1 Å². The fourth-order valence-corrected chi connectivity index (χ4v) is 3.81. The van der Waals surface area contributed by atoms with Crippen molar-refractivity contribution in [2.75, 3.05) is 29.7 Å². The molecule has 0 aliphatic heterocycles. The largest absolute Gasteiger partial charge is 1.00 e. The first kappa shape index (κ1) is 25.4. The molecular weight excluding hydrogens is 499 g/mol. The van der Waals surface area contributed by atoms with Gasteiger partial charge in [0, 0.05) is 47.5 Å². The van der Waals surface area contributed by atoms with Crippen molar-refractivity contribution >= 4 is 34.6 Å². The molecule has 0 atom stereocenters. The summed E-state index contributed by atoms with van der Waals surface area (Å²) >= 11 is 11.9. The Bertz CT molecular complexity index is 1210. The number of benzene rings is 3. The summed E-state index contributed by atoms with van der Waals surface area (Å²) < 4.78 is 0. The molecule has 4 rings (SSSR count). The Balaban J connectivity index is 0.00000324. The van der Waals surface area contributed by atoms with E-state index in [0.29, 0.717) is 36.4 Å². The number of halogens is 3. The number of non-ortho nitro benzene ring substituents is 1. The highest BCUT2D eigenvalue weighted by molar-refractivity contribution is 6.18. The number of anilines is 1. The molecule has 176 valence electrons. The fourth-order valence-electron chi connectivity index (χ4n) is 3.40. The van der Waals surface area contributed by atoms with Crippen molar-refractivity contribution in [1.29, 1.82) is 0 Å². The molecule has 0 N–H and O–H groups in total. The van der Waals surface area contributed by atoms with Crippen LogP contribution >= 0.6 is 23.2 Å². The monoisotopic (exact) mass is 518 g/mol. The van der Waals surface area contributed by atoms with Gasteiger partial charge in [-0.05, 0) is 58.4 Å². The van der Waals surface area contributed by atoms with Gasteiger partial charge in [-0.25, -0.2) is 0 Å². The Kier molecular flexibility index (Phi) is 8.81. The molecule has 8 nitrogen and oxygen atoms in total. The molecule has 4 aromatic rings.